The van der Waals surface area contributed by atoms with E-state index in [0.717, 1.165) is 17.9 Å². The monoisotopic (exact) mass is 210 g/mol. The third kappa shape index (κ3) is 2.94. The number of hydrogen-bond acceptors (Lipinski definition) is 2. The number of nitrogens with one attached hydrogen (secondary N) is 1. The molecule has 3 atom stereocenters. The molecule has 15 heavy (non-hydrogen) atoms. The zero-order valence-electron chi connectivity index (χ0n) is 10.3. The molecule has 0 amide bonds. The van der Waals surface area contributed by atoms with Crippen LogP contribution in [-0.2, 0) is 0 Å². The van der Waals surface area contributed by atoms with Gasteiger partial charge in [-0.1, -0.05) is 6.92 Å². The molecule has 2 aliphatic rings. The molecule has 0 aromatic heterocycles. The molecule has 3 unspecified atom stereocenters. The van der Waals surface area contributed by atoms with Crippen LogP contribution in [0.4, 0.5) is 0 Å². The Hall–Kier alpha value is -0.0800. The summed E-state index contributed by atoms with van der Waals surface area (Å²) in [6.45, 7) is 6.35. The topological polar surface area (TPSA) is 15.3 Å². The van der Waals surface area contributed by atoms with Gasteiger partial charge in [-0.2, -0.15) is 0 Å². The van der Waals surface area contributed by atoms with Gasteiger partial charge in [0.05, 0.1) is 0 Å². The van der Waals surface area contributed by atoms with Crippen LogP contribution in [0.15, 0.2) is 0 Å². The van der Waals surface area contributed by atoms with E-state index in [2.05, 4.69) is 24.2 Å². The van der Waals surface area contributed by atoms with Crippen LogP contribution in [0.5, 0.6) is 0 Å². The Labute approximate surface area is 94.4 Å². The number of hydrogen-bond donors (Lipinski definition) is 1. The minimum absolute atomic E-state index is 0.908. The molecule has 1 N–H and O–H groups in total. The van der Waals surface area contributed by atoms with Crippen LogP contribution in [0.2, 0.25) is 0 Å². The Kier molecular flexibility index (Phi) is 4.04. The molecule has 2 heteroatoms. The molecule has 1 aliphatic carbocycles. The Balaban J connectivity index is 1.79. The van der Waals surface area contributed by atoms with Crippen LogP contribution >= 0.6 is 0 Å². The lowest BCUT2D eigenvalue weighted by molar-refractivity contribution is 0.129. The molecule has 88 valence electrons. The summed E-state index contributed by atoms with van der Waals surface area (Å²) in [5.74, 6) is 1.87. The number of nitrogens with zero attached hydrogens (tertiary/aromatic N) is 1. The van der Waals surface area contributed by atoms with Gasteiger partial charge in [-0.3, -0.25) is 0 Å². The summed E-state index contributed by atoms with van der Waals surface area (Å²) in [6, 6.07) is 0.908. The summed E-state index contributed by atoms with van der Waals surface area (Å²) in [5, 5.41) is 3.32. The van der Waals surface area contributed by atoms with E-state index < -0.39 is 0 Å². The van der Waals surface area contributed by atoms with Crippen molar-refractivity contribution in [1.29, 1.82) is 0 Å². The lowest BCUT2D eigenvalue weighted by atomic mass is 9.98. The second kappa shape index (κ2) is 5.31. The number of likely N-dealkylation sites (tertiary alicyclic amines) is 1. The molecule has 0 aromatic rings. The van der Waals surface area contributed by atoms with Crippen LogP contribution < -0.4 is 5.32 Å². The molecule has 2 fully saturated rings. The maximum atomic E-state index is 3.32. The lowest BCUT2D eigenvalue weighted by Gasteiger charge is -2.35. The van der Waals surface area contributed by atoms with Crippen molar-refractivity contribution in [2.75, 3.05) is 26.7 Å². The van der Waals surface area contributed by atoms with Gasteiger partial charge in [-0.05, 0) is 64.1 Å². The quantitative estimate of drug-likeness (QED) is 0.767. The second-order valence-corrected chi connectivity index (χ2v) is 5.63. The molecular formula is C13H26N2. The fourth-order valence-electron chi connectivity index (χ4n) is 3.41. The highest BCUT2D eigenvalue weighted by Gasteiger charge is 2.30. The summed E-state index contributed by atoms with van der Waals surface area (Å²) in [6.07, 6.45) is 7.19. The van der Waals surface area contributed by atoms with E-state index in [0.29, 0.717) is 0 Å². The Morgan fingerprint density at radius 2 is 2.13 bits per heavy atom. The zero-order valence-corrected chi connectivity index (χ0v) is 10.3. The average Bonchev–Trinajstić information content (AvgIpc) is 2.67. The lowest BCUT2D eigenvalue weighted by Crippen LogP contribution is -2.41. The second-order valence-electron chi connectivity index (χ2n) is 5.63. The highest BCUT2D eigenvalue weighted by molar-refractivity contribution is 4.85. The molecule has 1 aliphatic heterocycles. The maximum absolute atomic E-state index is 3.32. The molecule has 0 radical (unpaired) electrons. The zero-order chi connectivity index (χ0) is 10.7. The van der Waals surface area contributed by atoms with Crippen molar-refractivity contribution in [2.24, 2.45) is 11.8 Å². The van der Waals surface area contributed by atoms with Gasteiger partial charge in [0, 0.05) is 12.6 Å². The molecule has 1 heterocycles. The maximum Gasteiger partial charge on any atom is 0.00985 e. The van der Waals surface area contributed by atoms with Gasteiger partial charge >= 0.3 is 0 Å². The average molecular weight is 210 g/mol. The van der Waals surface area contributed by atoms with E-state index in [1.54, 1.807) is 0 Å². The van der Waals surface area contributed by atoms with Gasteiger partial charge in [-0.25, -0.2) is 0 Å². The number of piperidine rings is 1. The molecule has 1 saturated heterocycles. The van der Waals surface area contributed by atoms with Crippen LogP contribution in [0.1, 0.15) is 39.0 Å². The third-order valence-corrected chi connectivity index (χ3v) is 4.21. The van der Waals surface area contributed by atoms with Crippen LogP contribution in [0, 0.1) is 11.8 Å². The standard InChI is InChI=1S/C13H26N2/c1-11-4-3-7-15(10-11)13-6-5-12(8-13)9-14-2/h11-14H,3-10H2,1-2H3. The predicted molar refractivity (Wildman–Crippen MR) is 65.0 cm³/mol. The van der Waals surface area contributed by atoms with Crippen LogP contribution in [0.3, 0.4) is 0 Å². The highest BCUT2D eigenvalue weighted by atomic mass is 15.2. The van der Waals surface area contributed by atoms with Gasteiger partial charge in [0.2, 0.25) is 0 Å². The normalized spacial score (nSPS) is 38.4. The minimum atomic E-state index is 0.908. The first kappa shape index (κ1) is 11.4. The molecule has 0 spiro atoms. The minimum Gasteiger partial charge on any atom is -0.319 e. The van der Waals surface area contributed by atoms with Crippen LogP contribution in [0.25, 0.3) is 0 Å². The SMILES string of the molecule is CNCC1CCC(N2CCCC(C)C2)C1. The first-order chi connectivity index (χ1) is 7.29. The van der Waals surface area contributed by atoms with Gasteiger partial charge in [0.25, 0.3) is 0 Å². The van der Waals surface area contributed by atoms with Crippen LogP contribution in [-0.4, -0.2) is 37.6 Å². The Morgan fingerprint density at radius 3 is 2.87 bits per heavy atom. The smallest absolute Gasteiger partial charge is 0.00985 e. The van der Waals surface area contributed by atoms with E-state index in [1.807, 2.05) is 0 Å². The van der Waals surface area contributed by atoms with E-state index in [-0.39, 0.29) is 0 Å². The third-order valence-electron chi connectivity index (χ3n) is 4.21. The molecule has 2 rings (SSSR count). The summed E-state index contributed by atoms with van der Waals surface area (Å²) in [7, 11) is 2.08. The molecule has 0 bridgehead atoms. The van der Waals surface area contributed by atoms with Gasteiger partial charge in [0.15, 0.2) is 0 Å². The van der Waals surface area contributed by atoms with E-state index in [1.165, 1.54) is 51.7 Å². The Bertz CT molecular complexity index is 193. The fourth-order valence-corrected chi connectivity index (χ4v) is 3.41. The van der Waals surface area contributed by atoms with Gasteiger partial charge in [-0.15, -0.1) is 0 Å². The number of rotatable bonds is 3. The van der Waals surface area contributed by atoms with Crippen molar-refractivity contribution in [1.82, 2.24) is 10.2 Å². The van der Waals surface area contributed by atoms with Crippen molar-refractivity contribution < 1.29 is 0 Å². The van der Waals surface area contributed by atoms with Crippen molar-refractivity contribution in [3.63, 3.8) is 0 Å². The fraction of sp³-hybridized carbons (Fsp3) is 1.00. The largest absolute Gasteiger partial charge is 0.319 e. The van der Waals surface area contributed by atoms with E-state index in [4.69, 9.17) is 0 Å². The molecule has 0 aromatic carbocycles. The summed E-state index contributed by atoms with van der Waals surface area (Å²) in [5.41, 5.74) is 0. The molecule has 2 nitrogen and oxygen atoms in total. The first-order valence-electron chi connectivity index (χ1n) is 6.68. The Morgan fingerprint density at radius 1 is 1.27 bits per heavy atom. The molecule has 1 saturated carbocycles. The van der Waals surface area contributed by atoms with Gasteiger partial charge < -0.3 is 10.2 Å². The summed E-state index contributed by atoms with van der Waals surface area (Å²) >= 11 is 0. The summed E-state index contributed by atoms with van der Waals surface area (Å²) in [4.78, 5) is 2.77. The van der Waals surface area contributed by atoms with Gasteiger partial charge in [0.1, 0.15) is 0 Å². The van der Waals surface area contributed by atoms with E-state index >= 15 is 0 Å². The molecular weight excluding hydrogens is 184 g/mol. The predicted octanol–water partition coefficient (Wildman–Crippen LogP) is 2.11. The van der Waals surface area contributed by atoms with E-state index in [9.17, 15) is 0 Å². The van der Waals surface area contributed by atoms with Crippen molar-refractivity contribution in [3.8, 4) is 0 Å². The first-order valence-corrected chi connectivity index (χ1v) is 6.68. The van der Waals surface area contributed by atoms with Crippen molar-refractivity contribution in [2.45, 2.75) is 45.1 Å². The van der Waals surface area contributed by atoms with Crippen molar-refractivity contribution >= 4 is 0 Å². The highest BCUT2D eigenvalue weighted by Crippen LogP contribution is 2.31. The van der Waals surface area contributed by atoms with Crippen molar-refractivity contribution in [3.05, 3.63) is 0 Å². The summed E-state index contributed by atoms with van der Waals surface area (Å²) < 4.78 is 0.